The lowest BCUT2D eigenvalue weighted by molar-refractivity contribution is 0.669. The van der Waals surface area contributed by atoms with Crippen molar-refractivity contribution in [3.8, 4) is 34.2 Å². The fraction of sp³-hybridized carbons (Fsp3) is 0.0444. The van der Waals surface area contributed by atoms with Gasteiger partial charge >= 0.3 is 0 Å². The first kappa shape index (κ1) is 27.4. The minimum Gasteiger partial charge on any atom is -0.456 e. The highest BCUT2D eigenvalue weighted by molar-refractivity contribution is 6.11. The SMILES string of the molecule is C1=Cc2c(-c3nc(-c4ccc5c(c4)oc4ccccc45)nc(-c4ccc5oc6cc7ccccc7cc6c5c4)n3)cc3ccccc3c2CC1. The molecular formula is C45H27N3O2. The molecule has 0 amide bonds. The van der Waals surface area contributed by atoms with Crippen LogP contribution in [-0.4, -0.2) is 15.0 Å². The number of aromatic nitrogens is 3. The highest BCUT2D eigenvalue weighted by Gasteiger charge is 2.21. The molecule has 0 spiro atoms. The van der Waals surface area contributed by atoms with Crippen LogP contribution < -0.4 is 0 Å². The van der Waals surface area contributed by atoms with Crippen LogP contribution in [0.25, 0.3) is 106 Å². The van der Waals surface area contributed by atoms with Crippen LogP contribution in [0.2, 0.25) is 0 Å². The van der Waals surface area contributed by atoms with Gasteiger partial charge in [-0.15, -0.1) is 0 Å². The van der Waals surface area contributed by atoms with E-state index in [-0.39, 0.29) is 0 Å². The first-order chi connectivity index (χ1) is 24.7. The molecule has 50 heavy (non-hydrogen) atoms. The maximum absolute atomic E-state index is 6.34. The Morgan fingerprint density at radius 3 is 1.92 bits per heavy atom. The average Bonchev–Trinajstić information content (AvgIpc) is 3.73. The van der Waals surface area contributed by atoms with Gasteiger partial charge in [-0.05, 0) is 100 Å². The van der Waals surface area contributed by atoms with E-state index < -0.39 is 0 Å². The number of aryl methyl sites for hydroxylation is 1. The molecule has 3 heterocycles. The van der Waals surface area contributed by atoms with Gasteiger partial charge in [0.1, 0.15) is 22.3 Å². The van der Waals surface area contributed by atoms with Crippen LogP contribution in [0.4, 0.5) is 0 Å². The molecule has 0 saturated heterocycles. The Morgan fingerprint density at radius 1 is 0.440 bits per heavy atom. The van der Waals surface area contributed by atoms with Crippen molar-refractivity contribution in [3.63, 3.8) is 0 Å². The van der Waals surface area contributed by atoms with Gasteiger partial charge in [0.2, 0.25) is 0 Å². The molecule has 1 aliphatic rings. The third-order valence-electron chi connectivity index (χ3n) is 10.2. The molecule has 0 fully saturated rings. The van der Waals surface area contributed by atoms with E-state index in [4.69, 9.17) is 23.8 Å². The van der Waals surface area contributed by atoms with Crippen LogP contribution >= 0.6 is 0 Å². The van der Waals surface area contributed by atoms with Crippen LogP contribution in [0.5, 0.6) is 0 Å². The summed E-state index contributed by atoms with van der Waals surface area (Å²) in [5, 5.41) is 9.05. The van der Waals surface area contributed by atoms with Gasteiger partial charge in [-0.25, -0.2) is 15.0 Å². The molecule has 0 unspecified atom stereocenters. The molecule has 0 saturated carbocycles. The quantitative estimate of drug-likeness (QED) is 0.192. The van der Waals surface area contributed by atoms with Crippen LogP contribution in [-0.2, 0) is 6.42 Å². The third kappa shape index (κ3) is 4.17. The van der Waals surface area contributed by atoms with E-state index in [2.05, 4.69) is 103 Å². The van der Waals surface area contributed by atoms with E-state index in [0.717, 1.165) is 78.8 Å². The molecule has 0 atom stereocenters. The maximum atomic E-state index is 6.34. The van der Waals surface area contributed by atoms with Crippen molar-refractivity contribution in [2.75, 3.05) is 0 Å². The van der Waals surface area contributed by atoms with Crippen molar-refractivity contribution in [1.82, 2.24) is 15.0 Å². The van der Waals surface area contributed by atoms with Crippen molar-refractivity contribution in [2.45, 2.75) is 12.8 Å². The van der Waals surface area contributed by atoms with Gasteiger partial charge in [0, 0.05) is 38.2 Å². The van der Waals surface area contributed by atoms with E-state index in [1.807, 2.05) is 36.4 Å². The lowest BCUT2D eigenvalue weighted by atomic mass is 9.88. The van der Waals surface area contributed by atoms with Crippen LogP contribution in [0.3, 0.4) is 0 Å². The molecule has 11 rings (SSSR count). The van der Waals surface area contributed by atoms with E-state index in [0.29, 0.717) is 17.5 Å². The van der Waals surface area contributed by atoms with E-state index in [1.54, 1.807) is 0 Å². The van der Waals surface area contributed by atoms with Gasteiger partial charge in [0.05, 0.1) is 0 Å². The molecule has 0 N–H and O–H groups in total. The summed E-state index contributed by atoms with van der Waals surface area (Å²) in [6, 6.07) is 44.1. The third-order valence-corrected chi connectivity index (χ3v) is 10.2. The van der Waals surface area contributed by atoms with Gasteiger partial charge < -0.3 is 8.83 Å². The summed E-state index contributed by atoms with van der Waals surface area (Å²) >= 11 is 0. The minimum atomic E-state index is 0.595. The highest BCUT2D eigenvalue weighted by Crippen LogP contribution is 2.39. The van der Waals surface area contributed by atoms with Gasteiger partial charge in [-0.3, -0.25) is 0 Å². The topological polar surface area (TPSA) is 65.0 Å². The normalized spacial score (nSPS) is 13.0. The smallest absolute Gasteiger partial charge is 0.164 e. The van der Waals surface area contributed by atoms with E-state index in [9.17, 15) is 0 Å². The molecule has 0 bridgehead atoms. The summed E-state index contributed by atoms with van der Waals surface area (Å²) in [7, 11) is 0. The number of rotatable bonds is 3. The van der Waals surface area contributed by atoms with Crippen LogP contribution in [0.15, 0.2) is 142 Å². The summed E-state index contributed by atoms with van der Waals surface area (Å²) in [5.74, 6) is 1.84. The zero-order valence-electron chi connectivity index (χ0n) is 26.9. The molecule has 0 aliphatic heterocycles. The summed E-state index contributed by atoms with van der Waals surface area (Å²) in [5.41, 5.74) is 8.64. The maximum Gasteiger partial charge on any atom is 0.164 e. The van der Waals surface area contributed by atoms with Crippen molar-refractivity contribution in [1.29, 1.82) is 0 Å². The largest absolute Gasteiger partial charge is 0.456 e. The number of furan rings is 2. The zero-order valence-corrected chi connectivity index (χ0v) is 26.9. The second-order valence-electron chi connectivity index (χ2n) is 13.1. The fourth-order valence-electron chi connectivity index (χ4n) is 7.73. The standard InChI is InChI=1S/C45H27N3O2/c1-2-10-27-24-42-37(21-26(27)9-1)36-23-29(18-20-40(36)50-42)43-46-44(30-17-19-35-34-15-7-8-16-39(34)49-41(35)25-30)48-45(47-43)38-22-28-11-3-4-12-31(28)32-13-5-6-14-33(32)38/h1-4,6-12,14-25H,5,13H2. The van der Waals surface area contributed by atoms with E-state index in [1.165, 1.54) is 27.3 Å². The number of hydrogen-bond donors (Lipinski definition) is 0. The molecule has 234 valence electrons. The number of allylic oxidation sites excluding steroid dienone is 1. The number of hydrogen-bond acceptors (Lipinski definition) is 5. The summed E-state index contributed by atoms with van der Waals surface area (Å²) in [6.45, 7) is 0. The second kappa shape index (κ2) is 10.5. The molecular weight excluding hydrogens is 615 g/mol. The lowest BCUT2D eigenvalue weighted by Gasteiger charge is -2.18. The van der Waals surface area contributed by atoms with E-state index >= 15 is 0 Å². The highest BCUT2D eigenvalue weighted by atomic mass is 16.3. The van der Waals surface area contributed by atoms with Gasteiger partial charge in [-0.2, -0.15) is 0 Å². The Balaban J connectivity index is 1.16. The van der Waals surface area contributed by atoms with Gasteiger partial charge in [-0.1, -0.05) is 84.9 Å². The second-order valence-corrected chi connectivity index (χ2v) is 13.1. The lowest BCUT2D eigenvalue weighted by Crippen LogP contribution is -2.04. The number of fused-ring (bicyclic) bond motifs is 10. The Labute approximate surface area is 286 Å². The zero-order chi connectivity index (χ0) is 32.8. The number of para-hydroxylation sites is 1. The molecule has 7 aromatic carbocycles. The van der Waals surface area contributed by atoms with Crippen LogP contribution in [0.1, 0.15) is 17.5 Å². The first-order valence-electron chi connectivity index (χ1n) is 17.0. The molecule has 0 radical (unpaired) electrons. The molecule has 5 nitrogen and oxygen atoms in total. The Kier molecular flexibility index (Phi) is 5.72. The van der Waals surface area contributed by atoms with Crippen molar-refractivity contribution in [2.24, 2.45) is 0 Å². The average molecular weight is 642 g/mol. The number of nitrogens with zero attached hydrogens (tertiary/aromatic N) is 3. The van der Waals surface area contributed by atoms with Gasteiger partial charge in [0.25, 0.3) is 0 Å². The first-order valence-corrected chi connectivity index (χ1v) is 17.0. The summed E-state index contributed by atoms with van der Waals surface area (Å²) in [4.78, 5) is 15.6. The van der Waals surface area contributed by atoms with Crippen LogP contribution in [0, 0.1) is 0 Å². The molecule has 10 aromatic rings. The van der Waals surface area contributed by atoms with Gasteiger partial charge in [0.15, 0.2) is 17.5 Å². The predicted molar refractivity (Wildman–Crippen MR) is 203 cm³/mol. The molecule has 3 aromatic heterocycles. The fourth-order valence-corrected chi connectivity index (χ4v) is 7.73. The predicted octanol–water partition coefficient (Wildman–Crippen LogP) is 11.9. The van der Waals surface area contributed by atoms with Crippen molar-refractivity contribution < 1.29 is 8.83 Å². The summed E-state index contributed by atoms with van der Waals surface area (Å²) in [6.07, 6.45) is 6.48. The Hall–Kier alpha value is -6.59. The van der Waals surface area contributed by atoms with Crippen molar-refractivity contribution >= 4 is 71.5 Å². The molecule has 1 aliphatic carbocycles. The minimum absolute atomic E-state index is 0.595. The molecule has 5 heteroatoms. The Morgan fingerprint density at radius 2 is 1.06 bits per heavy atom. The Bertz CT molecular complexity index is 3060. The monoisotopic (exact) mass is 641 g/mol. The van der Waals surface area contributed by atoms with Crippen molar-refractivity contribution in [3.05, 3.63) is 145 Å². The number of benzene rings is 7. The summed E-state index contributed by atoms with van der Waals surface area (Å²) < 4.78 is 12.6.